The Balaban J connectivity index is 1.74. The van der Waals surface area contributed by atoms with E-state index in [1.165, 1.54) is 31.3 Å². The molecule has 0 N–H and O–H groups in total. The molecule has 0 atom stereocenters. The first-order valence-corrected chi connectivity index (χ1v) is 10.5. The molecule has 0 spiro atoms. The number of halogens is 7. The molecule has 0 aliphatic carbocycles. The molecule has 0 aliphatic heterocycles. The molecule has 0 radical (unpaired) electrons. The second kappa shape index (κ2) is 9.34. The van der Waals surface area contributed by atoms with E-state index in [0.717, 1.165) is 4.68 Å². The molecule has 36 heavy (non-hydrogen) atoms. The van der Waals surface area contributed by atoms with Gasteiger partial charge in [-0.05, 0) is 48.9 Å². The highest BCUT2D eigenvalue weighted by Crippen LogP contribution is 2.36. The molecule has 0 aliphatic rings. The molecule has 0 saturated heterocycles. The van der Waals surface area contributed by atoms with Gasteiger partial charge >= 0.3 is 12.4 Å². The molecular weight excluding hydrogens is 512 g/mol. The third-order valence-electron chi connectivity index (χ3n) is 5.27. The Morgan fingerprint density at radius 1 is 0.889 bits per heavy atom. The molecule has 0 bridgehead atoms. The van der Waals surface area contributed by atoms with Gasteiger partial charge in [-0.3, -0.25) is 4.79 Å². The monoisotopic (exact) mass is 525 g/mol. The first kappa shape index (κ1) is 25.3. The van der Waals surface area contributed by atoms with E-state index in [-0.39, 0.29) is 44.9 Å². The van der Waals surface area contributed by atoms with Crippen molar-refractivity contribution in [1.82, 2.24) is 25.2 Å². The van der Waals surface area contributed by atoms with Gasteiger partial charge in [0.25, 0.3) is 0 Å². The average molecular weight is 526 g/mol. The van der Waals surface area contributed by atoms with Crippen LogP contribution in [0.4, 0.5) is 26.3 Å². The minimum Gasteiger partial charge on any atom is -0.288 e. The molecule has 2 heterocycles. The van der Waals surface area contributed by atoms with E-state index in [1.807, 2.05) is 0 Å². The second-order valence-corrected chi connectivity index (χ2v) is 8.10. The van der Waals surface area contributed by atoms with Crippen molar-refractivity contribution >= 4 is 17.4 Å². The predicted octanol–water partition coefficient (Wildman–Crippen LogP) is 6.01. The molecule has 0 fully saturated rings. The summed E-state index contributed by atoms with van der Waals surface area (Å²) in [5, 5.41) is 15.8. The molecule has 2 aromatic heterocycles. The Kier molecular flexibility index (Phi) is 6.56. The smallest absolute Gasteiger partial charge is 0.288 e. The Morgan fingerprint density at radius 2 is 1.53 bits per heavy atom. The summed E-state index contributed by atoms with van der Waals surface area (Å²) in [7, 11) is 0. The first-order valence-electron chi connectivity index (χ1n) is 10.2. The predicted molar refractivity (Wildman–Crippen MR) is 116 cm³/mol. The fourth-order valence-electron chi connectivity index (χ4n) is 3.49. The van der Waals surface area contributed by atoms with E-state index in [9.17, 15) is 31.1 Å². The number of benzene rings is 2. The van der Waals surface area contributed by atoms with Crippen LogP contribution < -0.4 is 0 Å². The fourth-order valence-corrected chi connectivity index (χ4v) is 3.71. The van der Waals surface area contributed by atoms with Gasteiger partial charge in [-0.15, -0.1) is 10.2 Å². The van der Waals surface area contributed by atoms with Gasteiger partial charge in [0.15, 0.2) is 5.78 Å². The summed E-state index contributed by atoms with van der Waals surface area (Å²) in [6.07, 6.45) is -8.67. The number of ketones is 1. The number of nitrogens with zero attached hydrogens (tertiary/aromatic N) is 5. The van der Waals surface area contributed by atoms with Crippen LogP contribution in [-0.2, 0) is 18.9 Å². The topological polar surface area (TPSA) is 73.6 Å². The zero-order valence-corrected chi connectivity index (χ0v) is 18.9. The van der Waals surface area contributed by atoms with Gasteiger partial charge < -0.3 is 0 Å². The molecule has 6 nitrogen and oxygen atoms in total. The van der Waals surface area contributed by atoms with E-state index >= 15 is 0 Å². The van der Waals surface area contributed by atoms with Gasteiger partial charge in [0.2, 0.25) is 0 Å². The normalized spacial score (nSPS) is 12.1. The summed E-state index contributed by atoms with van der Waals surface area (Å²) < 4.78 is 80.4. The summed E-state index contributed by atoms with van der Waals surface area (Å²) in [6, 6.07) is 9.01. The lowest BCUT2D eigenvalue weighted by molar-refractivity contribution is -0.143. The standard InChI is InChI=1S/C23H14ClF6N5O/c1-12-19(20-17(6-7-31-32-20)21(36)16-4-2-3-5-18(16)24)33-34-35(12)11-13-8-14(22(25,26)27)10-15(9-13)23(28,29)30/h2-10H,11H2,1H3. The van der Waals surface area contributed by atoms with Crippen LogP contribution in [0.5, 0.6) is 0 Å². The van der Waals surface area contributed by atoms with Gasteiger partial charge in [-0.1, -0.05) is 28.9 Å². The van der Waals surface area contributed by atoms with E-state index in [0.29, 0.717) is 12.1 Å². The number of hydrogen-bond donors (Lipinski definition) is 0. The summed E-state index contributed by atoms with van der Waals surface area (Å²) in [6.45, 7) is 1.05. The van der Waals surface area contributed by atoms with Crippen LogP contribution in [0.2, 0.25) is 5.02 Å². The Bertz CT molecular complexity index is 1420. The van der Waals surface area contributed by atoms with Gasteiger partial charge in [0.05, 0.1) is 40.1 Å². The van der Waals surface area contributed by atoms with Crippen molar-refractivity contribution in [1.29, 1.82) is 0 Å². The van der Waals surface area contributed by atoms with Crippen molar-refractivity contribution in [2.75, 3.05) is 0 Å². The van der Waals surface area contributed by atoms with Crippen molar-refractivity contribution in [3.05, 3.63) is 93.3 Å². The Labute approximate surface area is 204 Å². The maximum atomic E-state index is 13.2. The molecule has 13 heteroatoms. The van der Waals surface area contributed by atoms with Crippen molar-refractivity contribution in [3.63, 3.8) is 0 Å². The van der Waals surface area contributed by atoms with Crippen molar-refractivity contribution in [3.8, 4) is 11.4 Å². The van der Waals surface area contributed by atoms with Crippen molar-refractivity contribution < 1.29 is 31.1 Å². The third kappa shape index (κ3) is 5.08. The van der Waals surface area contributed by atoms with Gasteiger partial charge in [0, 0.05) is 5.56 Å². The van der Waals surface area contributed by atoms with Crippen LogP contribution >= 0.6 is 11.6 Å². The number of hydrogen-bond acceptors (Lipinski definition) is 5. The molecule has 4 rings (SSSR count). The minimum atomic E-state index is -4.98. The molecule has 186 valence electrons. The summed E-state index contributed by atoms with van der Waals surface area (Å²) in [5.41, 5.74) is -2.52. The van der Waals surface area contributed by atoms with Crippen LogP contribution in [0.3, 0.4) is 0 Å². The van der Waals surface area contributed by atoms with E-state index < -0.39 is 35.8 Å². The zero-order valence-electron chi connectivity index (χ0n) is 18.2. The molecule has 0 unspecified atom stereocenters. The van der Waals surface area contributed by atoms with Crippen LogP contribution in [0.1, 0.15) is 38.3 Å². The number of aromatic nitrogens is 5. The van der Waals surface area contributed by atoms with E-state index in [4.69, 9.17) is 11.6 Å². The zero-order chi connectivity index (χ0) is 26.3. The molecule has 0 saturated carbocycles. The maximum absolute atomic E-state index is 13.2. The molecular formula is C23H14ClF6N5O. The van der Waals surface area contributed by atoms with Crippen LogP contribution in [0, 0.1) is 6.92 Å². The van der Waals surface area contributed by atoms with Crippen LogP contribution in [0.15, 0.2) is 54.7 Å². The molecule has 0 amide bonds. The van der Waals surface area contributed by atoms with E-state index in [2.05, 4.69) is 20.5 Å². The highest BCUT2D eigenvalue weighted by Gasteiger charge is 2.37. The number of carbonyl (C=O) groups excluding carboxylic acids is 1. The highest BCUT2D eigenvalue weighted by molar-refractivity contribution is 6.35. The quantitative estimate of drug-likeness (QED) is 0.235. The van der Waals surface area contributed by atoms with Crippen LogP contribution in [0.25, 0.3) is 11.4 Å². The SMILES string of the molecule is Cc1c(-c2nnccc2C(=O)c2ccccc2Cl)nnn1Cc1cc(C(F)(F)F)cc(C(F)(F)F)c1. The van der Waals surface area contributed by atoms with Crippen LogP contribution in [-0.4, -0.2) is 31.0 Å². The van der Waals surface area contributed by atoms with Gasteiger partial charge in [-0.2, -0.15) is 31.4 Å². The average Bonchev–Trinajstić information content (AvgIpc) is 3.17. The fraction of sp³-hybridized carbons (Fsp3) is 0.174. The first-order chi connectivity index (χ1) is 16.9. The minimum absolute atomic E-state index is 0.0335. The Hall–Kier alpha value is -3.80. The second-order valence-electron chi connectivity index (χ2n) is 7.70. The van der Waals surface area contributed by atoms with E-state index in [1.54, 1.807) is 12.1 Å². The number of rotatable bonds is 5. The Morgan fingerprint density at radius 3 is 2.14 bits per heavy atom. The molecule has 4 aromatic rings. The lowest BCUT2D eigenvalue weighted by Crippen LogP contribution is -2.13. The summed E-state index contributed by atoms with van der Waals surface area (Å²) in [4.78, 5) is 13.1. The maximum Gasteiger partial charge on any atom is 0.416 e. The van der Waals surface area contributed by atoms with Gasteiger partial charge in [-0.25, -0.2) is 4.68 Å². The summed E-state index contributed by atoms with van der Waals surface area (Å²) in [5.74, 6) is -0.479. The van der Waals surface area contributed by atoms with Gasteiger partial charge in [0.1, 0.15) is 11.4 Å². The number of carbonyl (C=O) groups is 1. The highest BCUT2D eigenvalue weighted by atomic mass is 35.5. The van der Waals surface area contributed by atoms with Crippen molar-refractivity contribution in [2.24, 2.45) is 0 Å². The summed E-state index contributed by atoms with van der Waals surface area (Å²) >= 11 is 6.13. The lowest BCUT2D eigenvalue weighted by atomic mass is 10.0. The number of alkyl halides is 6. The van der Waals surface area contributed by atoms with Crippen molar-refractivity contribution in [2.45, 2.75) is 25.8 Å². The largest absolute Gasteiger partial charge is 0.416 e. The lowest BCUT2D eigenvalue weighted by Gasteiger charge is -2.14. The molecule has 2 aromatic carbocycles. The third-order valence-corrected chi connectivity index (χ3v) is 5.60.